The molecule has 3 aliphatic rings. The number of fused-ring (bicyclic) bond motifs is 2. The van der Waals surface area contributed by atoms with Crippen LogP contribution in [0.1, 0.15) is 55.1 Å². The van der Waals surface area contributed by atoms with E-state index < -0.39 is 0 Å². The minimum Gasteiger partial charge on any atom is -0.370 e. The van der Waals surface area contributed by atoms with Gasteiger partial charge in [0.15, 0.2) is 0 Å². The fraction of sp³-hybridized carbons (Fsp3) is 0.545. The van der Waals surface area contributed by atoms with Crippen LogP contribution in [0, 0.1) is 12.8 Å². The van der Waals surface area contributed by atoms with Gasteiger partial charge in [-0.2, -0.15) is 5.10 Å². The van der Waals surface area contributed by atoms with Crippen molar-refractivity contribution in [3.05, 3.63) is 46.1 Å². The van der Waals surface area contributed by atoms with E-state index in [2.05, 4.69) is 55.1 Å². The van der Waals surface area contributed by atoms with Crippen molar-refractivity contribution in [3.8, 4) is 0 Å². The maximum atomic E-state index is 13.5. The highest BCUT2D eigenvalue weighted by molar-refractivity contribution is 6.30. The fourth-order valence-electron chi connectivity index (χ4n) is 5.48. The molecule has 1 aromatic heterocycles. The highest BCUT2D eigenvalue weighted by atomic mass is 35.5. The molecule has 5 nitrogen and oxygen atoms in total. The number of aromatic nitrogens is 2. The maximum Gasteiger partial charge on any atom is 0.259 e. The molecule has 3 atom stereocenters. The Bertz CT molecular complexity index is 981. The summed E-state index contributed by atoms with van der Waals surface area (Å²) in [5.74, 6) is 1.46. The van der Waals surface area contributed by atoms with Gasteiger partial charge in [0, 0.05) is 29.6 Å². The number of amides is 1. The van der Waals surface area contributed by atoms with Crippen LogP contribution >= 0.6 is 11.6 Å². The van der Waals surface area contributed by atoms with Crippen LogP contribution in [0.4, 0.5) is 5.82 Å². The molecule has 1 N–H and O–H groups in total. The van der Waals surface area contributed by atoms with Crippen molar-refractivity contribution in [3.63, 3.8) is 0 Å². The van der Waals surface area contributed by atoms with Gasteiger partial charge in [0.1, 0.15) is 11.4 Å². The Hall–Kier alpha value is -2.01. The van der Waals surface area contributed by atoms with E-state index in [1.54, 1.807) is 6.20 Å². The van der Waals surface area contributed by atoms with E-state index in [9.17, 15) is 4.79 Å². The number of carbonyl (C=O) groups is 1. The highest BCUT2D eigenvalue weighted by Crippen LogP contribution is 2.63. The zero-order valence-corrected chi connectivity index (χ0v) is 17.7. The Kier molecular flexibility index (Phi) is 3.71. The average Bonchev–Trinajstić information content (AvgIpc) is 3.07. The third kappa shape index (κ3) is 2.38. The van der Waals surface area contributed by atoms with Crippen molar-refractivity contribution in [2.45, 2.75) is 57.5 Å². The molecule has 0 radical (unpaired) electrons. The van der Waals surface area contributed by atoms with Gasteiger partial charge in [-0.25, -0.2) is 4.68 Å². The normalized spacial score (nSPS) is 29.8. The summed E-state index contributed by atoms with van der Waals surface area (Å²) in [6.07, 6.45) is 3.87. The molecule has 1 saturated carbocycles. The molecule has 0 spiro atoms. The predicted molar refractivity (Wildman–Crippen MR) is 111 cm³/mol. The number of anilines is 1. The number of rotatable bonds is 2. The molecular weight excluding hydrogens is 372 g/mol. The molecule has 1 aromatic carbocycles. The summed E-state index contributed by atoms with van der Waals surface area (Å²) in [5, 5.41) is 8.72. The van der Waals surface area contributed by atoms with Gasteiger partial charge >= 0.3 is 0 Å². The number of nitrogens with zero attached hydrogens (tertiary/aromatic N) is 3. The molecule has 2 aliphatic heterocycles. The lowest BCUT2D eigenvalue weighted by Gasteiger charge is -2.33. The first-order chi connectivity index (χ1) is 13.2. The van der Waals surface area contributed by atoms with Crippen molar-refractivity contribution in [2.24, 2.45) is 5.92 Å². The zero-order valence-electron chi connectivity index (χ0n) is 16.9. The van der Waals surface area contributed by atoms with Crippen LogP contribution in [0.3, 0.4) is 0 Å². The molecular formula is C22H27ClN4O. The van der Waals surface area contributed by atoms with E-state index in [4.69, 9.17) is 11.6 Å². The third-order valence-corrected chi connectivity index (χ3v) is 7.49. The lowest BCUT2D eigenvalue weighted by molar-refractivity contribution is 0.0717. The maximum absolute atomic E-state index is 13.5. The number of hydrogen-bond donors (Lipinski definition) is 1. The molecule has 1 saturated heterocycles. The van der Waals surface area contributed by atoms with Crippen molar-refractivity contribution in [2.75, 3.05) is 18.4 Å². The van der Waals surface area contributed by atoms with Crippen LogP contribution in [0.25, 0.3) is 0 Å². The molecule has 148 valence electrons. The molecule has 0 bridgehead atoms. The van der Waals surface area contributed by atoms with Gasteiger partial charge in [0.05, 0.1) is 11.7 Å². The molecule has 2 fully saturated rings. The van der Waals surface area contributed by atoms with Crippen LogP contribution in [0.15, 0.2) is 24.4 Å². The highest BCUT2D eigenvalue weighted by Gasteiger charge is 2.65. The smallest absolute Gasteiger partial charge is 0.259 e. The van der Waals surface area contributed by atoms with Crippen molar-refractivity contribution in [1.82, 2.24) is 14.7 Å². The molecule has 1 amide bonds. The molecule has 28 heavy (non-hydrogen) atoms. The van der Waals surface area contributed by atoms with Crippen LogP contribution < -0.4 is 5.32 Å². The predicted octanol–water partition coefficient (Wildman–Crippen LogP) is 4.20. The topological polar surface area (TPSA) is 50.2 Å². The molecule has 3 unspecified atom stereocenters. The summed E-state index contributed by atoms with van der Waals surface area (Å²) < 4.78 is 1.97. The quantitative estimate of drug-likeness (QED) is 0.824. The van der Waals surface area contributed by atoms with Gasteiger partial charge in [-0.3, -0.25) is 4.79 Å². The molecule has 1 aliphatic carbocycles. The Morgan fingerprint density at radius 2 is 2.14 bits per heavy atom. The number of carbonyl (C=O) groups excluding carboxylic acids is 1. The molecule has 5 rings (SSSR count). The number of halogens is 1. The summed E-state index contributed by atoms with van der Waals surface area (Å²) in [4.78, 5) is 15.6. The van der Waals surface area contributed by atoms with Crippen molar-refractivity contribution >= 4 is 23.3 Å². The second kappa shape index (κ2) is 5.76. The number of hydrogen-bond acceptors (Lipinski definition) is 3. The Morgan fingerprint density at radius 1 is 1.36 bits per heavy atom. The number of nitrogens with one attached hydrogen (secondary N) is 1. The van der Waals surface area contributed by atoms with E-state index >= 15 is 0 Å². The van der Waals surface area contributed by atoms with E-state index in [1.165, 1.54) is 11.1 Å². The van der Waals surface area contributed by atoms with E-state index in [0.717, 1.165) is 36.8 Å². The SMILES string of the molecule is Cc1ccc(Cl)cc1C12CC1C(C)N(C(=O)c1cnn3c1NCCC3(C)C)C2. The monoisotopic (exact) mass is 398 g/mol. The van der Waals surface area contributed by atoms with Crippen LogP contribution in [-0.4, -0.2) is 39.7 Å². The van der Waals surface area contributed by atoms with Crippen LogP contribution in [-0.2, 0) is 11.0 Å². The lowest BCUT2D eigenvalue weighted by Crippen LogP contribution is -2.39. The minimum atomic E-state index is -0.0724. The van der Waals surface area contributed by atoms with Gasteiger partial charge in [0.25, 0.3) is 5.91 Å². The first-order valence-corrected chi connectivity index (χ1v) is 10.5. The molecule has 2 aromatic rings. The largest absolute Gasteiger partial charge is 0.370 e. The van der Waals surface area contributed by atoms with Crippen molar-refractivity contribution < 1.29 is 4.79 Å². The van der Waals surface area contributed by atoms with Gasteiger partial charge in [-0.05, 0) is 69.7 Å². The second-order valence-corrected chi connectivity index (χ2v) is 9.84. The standard InChI is InChI=1S/C22H27ClN4O/c1-13-5-6-15(23)9-17(13)22-10-18(22)14(2)26(12-22)20(28)16-11-25-27-19(16)24-8-7-21(27,3)4/h5-6,9,11,14,18,24H,7-8,10,12H2,1-4H3. The van der Waals surface area contributed by atoms with Gasteiger partial charge in [0.2, 0.25) is 0 Å². The minimum absolute atomic E-state index is 0.0595. The first kappa shape index (κ1) is 18.0. The Labute approximate surface area is 171 Å². The Morgan fingerprint density at radius 3 is 2.93 bits per heavy atom. The van der Waals surface area contributed by atoms with Crippen LogP contribution in [0.5, 0.6) is 0 Å². The van der Waals surface area contributed by atoms with Crippen molar-refractivity contribution in [1.29, 1.82) is 0 Å². The summed E-state index contributed by atoms with van der Waals surface area (Å²) in [6, 6.07) is 6.36. The summed E-state index contributed by atoms with van der Waals surface area (Å²) >= 11 is 6.30. The zero-order chi connectivity index (χ0) is 19.8. The Balaban J connectivity index is 1.47. The second-order valence-electron chi connectivity index (χ2n) is 9.41. The summed E-state index contributed by atoms with van der Waals surface area (Å²) in [6.45, 7) is 10.3. The third-order valence-electron chi connectivity index (χ3n) is 7.26. The molecule has 3 heterocycles. The van der Waals surface area contributed by atoms with Crippen LogP contribution in [0.2, 0.25) is 5.02 Å². The number of likely N-dealkylation sites (tertiary alicyclic amines) is 1. The van der Waals surface area contributed by atoms with E-state index in [0.29, 0.717) is 11.5 Å². The summed E-state index contributed by atoms with van der Waals surface area (Å²) in [7, 11) is 0. The number of benzene rings is 1. The summed E-state index contributed by atoms with van der Waals surface area (Å²) in [5.41, 5.74) is 3.25. The lowest BCUT2D eigenvalue weighted by atomic mass is 9.90. The average molecular weight is 399 g/mol. The first-order valence-electron chi connectivity index (χ1n) is 10.1. The number of piperidine rings is 1. The van der Waals surface area contributed by atoms with E-state index in [1.807, 2.05) is 10.7 Å². The van der Waals surface area contributed by atoms with E-state index in [-0.39, 0.29) is 22.9 Å². The van der Waals surface area contributed by atoms with Gasteiger partial charge in [-0.1, -0.05) is 17.7 Å². The van der Waals surface area contributed by atoms with Gasteiger partial charge in [-0.15, -0.1) is 0 Å². The van der Waals surface area contributed by atoms with Gasteiger partial charge < -0.3 is 10.2 Å². The fourth-order valence-corrected chi connectivity index (χ4v) is 5.65. The molecule has 6 heteroatoms. The number of aryl methyl sites for hydroxylation is 1.